The highest BCUT2D eigenvalue weighted by Crippen LogP contribution is 2.17. The highest BCUT2D eigenvalue weighted by molar-refractivity contribution is 7.86. The van der Waals surface area contributed by atoms with Crippen molar-refractivity contribution in [3.63, 3.8) is 0 Å². The van der Waals surface area contributed by atoms with Gasteiger partial charge in [0.15, 0.2) is 0 Å². The molecule has 2 saturated heterocycles. The number of hydrogen-bond acceptors (Lipinski definition) is 5. The van der Waals surface area contributed by atoms with E-state index < -0.39 is 21.9 Å². The fourth-order valence-electron chi connectivity index (χ4n) is 3.73. The first-order valence-corrected chi connectivity index (χ1v) is 12.0. The van der Waals surface area contributed by atoms with Crippen molar-refractivity contribution in [2.45, 2.75) is 25.7 Å². The van der Waals surface area contributed by atoms with Crippen LogP contribution in [0.3, 0.4) is 0 Å². The molecule has 0 spiro atoms. The molecule has 9 nitrogen and oxygen atoms in total. The molecule has 2 aliphatic rings. The monoisotopic (exact) mass is 455 g/mol. The second-order valence-corrected chi connectivity index (χ2v) is 9.76. The summed E-state index contributed by atoms with van der Waals surface area (Å²) in [6.07, 6.45) is 3.93. The number of rotatable bonds is 7. The normalized spacial score (nSPS) is 19.5. The Labute approximate surface area is 182 Å². The topological polar surface area (TPSA) is 102 Å². The number of benzene rings is 1. The first kappa shape index (κ1) is 23.6. The summed E-state index contributed by atoms with van der Waals surface area (Å²) in [6, 6.07) is 5.35. The number of piperazine rings is 1. The quantitative estimate of drug-likeness (QED) is 0.628. The summed E-state index contributed by atoms with van der Waals surface area (Å²) in [5.41, 5.74) is 0.447. The minimum atomic E-state index is -3.45. The van der Waals surface area contributed by atoms with Crippen LogP contribution >= 0.6 is 0 Å². The summed E-state index contributed by atoms with van der Waals surface area (Å²) in [7, 11) is -3.45. The summed E-state index contributed by atoms with van der Waals surface area (Å²) in [5.74, 6) is -1.11. The number of amides is 2. The number of carbonyl (C=O) groups excluding carboxylic acids is 2. The maximum atomic E-state index is 12.9. The molecule has 0 atom stereocenters. The van der Waals surface area contributed by atoms with Crippen LogP contribution in [-0.4, -0.2) is 86.1 Å². The Morgan fingerprint density at radius 3 is 2.03 bits per heavy atom. The van der Waals surface area contributed by atoms with Gasteiger partial charge in [0.1, 0.15) is 5.82 Å². The van der Waals surface area contributed by atoms with Crippen LogP contribution in [0.5, 0.6) is 0 Å². The zero-order chi connectivity index (χ0) is 22.3. The van der Waals surface area contributed by atoms with E-state index in [2.05, 4.69) is 10.6 Å². The predicted molar refractivity (Wildman–Crippen MR) is 115 cm³/mol. The standard InChI is InChI=1S/C20H30FN5O4S/c21-17-5-7-18(8-6-17)23-19(27)15-22-20(28)16-24-11-13-26(14-12-24)31(29,30)25-9-3-1-2-4-10-25/h5-8H,1-4,9-16H2,(H,22,28)(H,23,27). The van der Waals surface area contributed by atoms with Gasteiger partial charge in [-0.15, -0.1) is 0 Å². The van der Waals surface area contributed by atoms with Gasteiger partial charge in [-0.3, -0.25) is 14.5 Å². The Bertz CT molecular complexity index is 849. The SMILES string of the molecule is O=C(CN1CCN(S(=O)(=O)N2CCCCCC2)CC1)NCC(=O)Nc1ccc(F)cc1. The van der Waals surface area contributed by atoms with Gasteiger partial charge in [0.2, 0.25) is 11.8 Å². The summed E-state index contributed by atoms with van der Waals surface area (Å²) in [5, 5.41) is 5.13. The fraction of sp³-hybridized carbons (Fsp3) is 0.600. The van der Waals surface area contributed by atoms with Crippen LogP contribution < -0.4 is 10.6 Å². The molecule has 11 heteroatoms. The Morgan fingerprint density at radius 1 is 0.839 bits per heavy atom. The van der Waals surface area contributed by atoms with E-state index in [0.717, 1.165) is 25.7 Å². The van der Waals surface area contributed by atoms with Gasteiger partial charge in [-0.05, 0) is 37.1 Å². The number of hydrogen-bond donors (Lipinski definition) is 2. The average Bonchev–Trinajstić information content (AvgIpc) is 3.05. The van der Waals surface area contributed by atoms with Crippen LogP contribution in [0.2, 0.25) is 0 Å². The van der Waals surface area contributed by atoms with Crippen LogP contribution in [0.15, 0.2) is 24.3 Å². The van der Waals surface area contributed by atoms with Gasteiger partial charge in [0, 0.05) is 45.0 Å². The molecule has 2 N–H and O–H groups in total. The minimum Gasteiger partial charge on any atom is -0.346 e. The Hall–Kier alpha value is -2.08. The number of carbonyl (C=O) groups is 2. The van der Waals surface area contributed by atoms with Gasteiger partial charge in [0.25, 0.3) is 10.2 Å². The molecule has 0 aliphatic carbocycles. The molecule has 31 heavy (non-hydrogen) atoms. The zero-order valence-corrected chi connectivity index (χ0v) is 18.4. The molecule has 0 bridgehead atoms. The molecule has 172 valence electrons. The first-order valence-electron chi connectivity index (χ1n) is 10.6. The number of anilines is 1. The molecular formula is C20H30FN5O4S. The molecular weight excluding hydrogens is 425 g/mol. The Balaban J connectivity index is 1.38. The van der Waals surface area contributed by atoms with E-state index in [1.807, 2.05) is 4.90 Å². The molecule has 0 aromatic heterocycles. The lowest BCUT2D eigenvalue weighted by molar-refractivity contribution is -0.125. The van der Waals surface area contributed by atoms with Crippen molar-refractivity contribution in [3.05, 3.63) is 30.1 Å². The Kier molecular flexibility index (Phi) is 8.35. The van der Waals surface area contributed by atoms with E-state index in [4.69, 9.17) is 0 Å². The second kappa shape index (κ2) is 11.0. The van der Waals surface area contributed by atoms with E-state index in [0.29, 0.717) is 45.0 Å². The summed E-state index contributed by atoms with van der Waals surface area (Å²) in [4.78, 5) is 25.9. The molecule has 0 saturated carbocycles. The van der Waals surface area contributed by atoms with Crippen molar-refractivity contribution in [1.29, 1.82) is 0 Å². The predicted octanol–water partition coefficient (Wildman–Crippen LogP) is 0.619. The zero-order valence-electron chi connectivity index (χ0n) is 17.6. The summed E-state index contributed by atoms with van der Waals surface area (Å²) in [6.45, 7) is 2.66. The van der Waals surface area contributed by atoms with Gasteiger partial charge in [0.05, 0.1) is 13.1 Å². The van der Waals surface area contributed by atoms with Gasteiger partial charge < -0.3 is 10.6 Å². The number of nitrogens with zero attached hydrogens (tertiary/aromatic N) is 3. The van der Waals surface area contributed by atoms with Gasteiger partial charge in [-0.25, -0.2) is 4.39 Å². The van der Waals surface area contributed by atoms with E-state index in [-0.39, 0.29) is 19.0 Å². The van der Waals surface area contributed by atoms with E-state index >= 15 is 0 Å². The van der Waals surface area contributed by atoms with Crippen LogP contribution in [0.4, 0.5) is 10.1 Å². The molecule has 2 heterocycles. The average molecular weight is 456 g/mol. The maximum Gasteiger partial charge on any atom is 0.282 e. The van der Waals surface area contributed by atoms with E-state index in [1.165, 1.54) is 28.6 Å². The lowest BCUT2D eigenvalue weighted by atomic mass is 10.2. The first-order chi connectivity index (χ1) is 14.8. The highest BCUT2D eigenvalue weighted by atomic mass is 32.2. The lowest BCUT2D eigenvalue weighted by Crippen LogP contribution is -2.54. The molecule has 1 aromatic rings. The fourth-order valence-corrected chi connectivity index (χ4v) is 5.40. The van der Waals surface area contributed by atoms with Crippen LogP contribution in [0.1, 0.15) is 25.7 Å². The number of nitrogens with one attached hydrogen (secondary N) is 2. The van der Waals surface area contributed by atoms with Crippen molar-refractivity contribution in [3.8, 4) is 0 Å². The van der Waals surface area contributed by atoms with E-state index in [1.54, 1.807) is 4.31 Å². The third-order valence-electron chi connectivity index (χ3n) is 5.49. The molecule has 3 rings (SSSR count). The van der Waals surface area contributed by atoms with E-state index in [9.17, 15) is 22.4 Å². The van der Waals surface area contributed by atoms with Crippen LogP contribution in [-0.2, 0) is 19.8 Å². The maximum absolute atomic E-state index is 12.9. The van der Waals surface area contributed by atoms with Crippen molar-refractivity contribution < 1.29 is 22.4 Å². The van der Waals surface area contributed by atoms with Gasteiger partial charge >= 0.3 is 0 Å². The van der Waals surface area contributed by atoms with Crippen molar-refractivity contribution in [2.24, 2.45) is 0 Å². The minimum absolute atomic E-state index is 0.0986. The van der Waals surface area contributed by atoms with Crippen LogP contribution in [0.25, 0.3) is 0 Å². The van der Waals surface area contributed by atoms with Gasteiger partial charge in [-0.2, -0.15) is 17.0 Å². The smallest absolute Gasteiger partial charge is 0.282 e. The third-order valence-corrected chi connectivity index (χ3v) is 7.53. The van der Waals surface area contributed by atoms with Gasteiger partial charge in [-0.1, -0.05) is 12.8 Å². The number of halogens is 1. The van der Waals surface area contributed by atoms with Crippen molar-refractivity contribution in [1.82, 2.24) is 18.8 Å². The lowest BCUT2D eigenvalue weighted by Gasteiger charge is -2.36. The highest BCUT2D eigenvalue weighted by Gasteiger charge is 2.32. The largest absolute Gasteiger partial charge is 0.346 e. The molecule has 1 aromatic carbocycles. The van der Waals surface area contributed by atoms with Crippen LogP contribution in [0, 0.1) is 5.82 Å². The summed E-state index contributed by atoms with van der Waals surface area (Å²) >= 11 is 0. The molecule has 2 amide bonds. The van der Waals surface area contributed by atoms with Crippen molar-refractivity contribution in [2.75, 3.05) is 57.7 Å². The molecule has 0 radical (unpaired) electrons. The molecule has 0 unspecified atom stereocenters. The Morgan fingerprint density at radius 2 is 1.42 bits per heavy atom. The summed E-state index contributed by atoms with van der Waals surface area (Å²) < 4.78 is 41.7. The second-order valence-electron chi connectivity index (χ2n) is 7.83. The molecule has 2 aliphatic heterocycles. The molecule has 2 fully saturated rings. The third kappa shape index (κ3) is 6.96. The van der Waals surface area contributed by atoms with Crippen molar-refractivity contribution >= 4 is 27.7 Å².